The van der Waals surface area contributed by atoms with Gasteiger partial charge in [-0.3, -0.25) is 9.52 Å². The van der Waals surface area contributed by atoms with Crippen molar-refractivity contribution in [2.75, 3.05) is 25.0 Å². The lowest BCUT2D eigenvalue weighted by Gasteiger charge is -2.14. The number of hydrogen-bond donors (Lipinski definition) is 2. The largest absolute Gasteiger partial charge is 0.495 e. The third-order valence-electron chi connectivity index (χ3n) is 4.05. The van der Waals surface area contributed by atoms with Crippen LogP contribution in [0.25, 0.3) is 0 Å². The quantitative estimate of drug-likeness (QED) is 0.834. The van der Waals surface area contributed by atoms with Gasteiger partial charge in [0.05, 0.1) is 19.2 Å². The van der Waals surface area contributed by atoms with Gasteiger partial charge in [-0.15, -0.1) is 0 Å². The van der Waals surface area contributed by atoms with E-state index in [-0.39, 0.29) is 27.8 Å². The highest BCUT2D eigenvalue weighted by atomic mass is 32.2. The summed E-state index contributed by atoms with van der Waals surface area (Å²) in [5.41, 5.74) is 1.44. The Bertz CT molecular complexity index is 941. The molecule has 3 rings (SSSR count). The normalized spacial score (nSPS) is 13.8. The van der Waals surface area contributed by atoms with Gasteiger partial charge in [-0.25, -0.2) is 8.42 Å². The minimum Gasteiger partial charge on any atom is -0.495 e. The van der Waals surface area contributed by atoms with Gasteiger partial charge in [0.2, 0.25) is 0 Å². The van der Waals surface area contributed by atoms with E-state index >= 15 is 0 Å². The number of rotatable bonds is 5. The smallest absolute Gasteiger partial charge is 0.265 e. The maximum Gasteiger partial charge on any atom is 0.265 e. The molecular formula is C18H20N2O5S. The van der Waals surface area contributed by atoms with E-state index in [1.807, 2.05) is 13.0 Å². The lowest BCUT2D eigenvalue weighted by Crippen LogP contribution is -2.24. The molecule has 0 aliphatic carbocycles. The van der Waals surface area contributed by atoms with E-state index in [0.717, 1.165) is 5.56 Å². The second-order valence-corrected chi connectivity index (χ2v) is 7.41. The number of carbonyl (C=O) groups excluding carboxylic acids is 1. The zero-order valence-corrected chi connectivity index (χ0v) is 15.4. The van der Waals surface area contributed by atoms with Crippen LogP contribution < -0.4 is 19.5 Å². The highest BCUT2D eigenvalue weighted by Gasteiger charge is 2.22. The molecule has 8 heteroatoms. The van der Waals surface area contributed by atoms with Crippen molar-refractivity contribution in [1.29, 1.82) is 0 Å². The molecule has 0 aromatic heterocycles. The van der Waals surface area contributed by atoms with Gasteiger partial charge in [-0.05, 0) is 42.3 Å². The van der Waals surface area contributed by atoms with Crippen LogP contribution in [0.2, 0.25) is 0 Å². The number of ether oxygens (including phenoxy) is 2. The summed E-state index contributed by atoms with van der Waals surface area (Å²) in [6.45, 7) is 2.71. The number of methoxy groups -OCH3 is 1. The molecule has 138 valence electrons. The van der Waals surface area contributed by atoms with Crippen LogP contribution in [0.5, 0.6) is 11.5 Å². The number of nitrogens with one attached hydrogen (secondary N) is 2. The molecule has 0 atom stereocenters. The molecule has 0 unspecified atom stereocenters. The molecule has 2 aromatic carbocycles. The number of benzene rings is 2. The molecule has 2 aromatic rings. The Balaban J connectivity index is 1.97. The van der Waals surface area contributed by atoms with Gasteiger partial charge < -0.3 is 14.8 Å². The molecule has 0 radical (unpaired) electrons. The van der Waals surface area contributed by atoms with Crippen LogP contribution in [-0.4, -0.2) is 34.6 Å². The monoisotopic (exact) mass is 376 g/mol. The predicted octanol–water partition coefficient (Wildman–Crippen LogP) is 2.18. The van der Waals surface area contributed by atoms with Crippen molar-refractivity contribution < 1.29 is 22.7 Å². The number of fused-ring (bicyclic) bond motifs is 1. The number of hydrogen-bond acceptors (Lipinski definition) is 5. The molecule has 0 bridgehead atoms. The van der Waals surface area contributed by atoms with Crippen molar-refractivity contribution >= 4 is 21.6 Å². The fourth-order valence-corrected chi connectivity index (χ4v) is 3.95. The average molecular weight is 376 g/mol. The van der Waals surface area contributed by atoms with E-state index in [1.54, 1.807) is 24.3 Å². The molecule has 1 heterocycles. The second-order valence-electron chi connectivity index (χ2n) is 5.76. The molecule has 7 nitrogen and oxygen atoms in total. The SMILES string of the molecule is CCc1ccc(OC)c(S(=O)(=O)Nc2ccc3c(c2)C(=O)NCCO3)c1. The van der Waals surface area contributed by atoms with E-state index in [2.05, 4.69) is 10.0 Å². The minimum absolute atomic E-state index is 0.0509. The Kier molecular flexibility index (Phi) is 5.03. The zero-order valence-electron chi connectivity index (χ0n) is 14.5. The van der Waals surface area contributed by atoms with Crippen molar-refractivity contribution in [2.45, 2.75) is 18.2 Å². The fraction of sp³-hybridized carbons (Fsp3) is 0.278. The summed E-state index contributed by atoms with van der Waals surface area (Å²) in [5, 5.41) is 2.69. The van der Waals surface area contributed by atoms with Crippen molar-refractivity contribution in [3.63, 3.8) is 0 Å². The molecular weight excluding hydrogens is 356 g/mol. The van der Waals surface area contributed by atoms with Gasteiger partial charge in [0.25, 0.3) is 15.9 Å². The maximum absolute atomic E-state index is 12.8. The Hall–Kier alpha value is -2.74. The highest BCUT2D eigenvalue weighted by Crippen LogP contribution is 2.29. The molecule has 1 aliphatic heterocycles. The van der Waals surface area contributed by atoms with Gasteiger partial charge >= 0.3 is 0 Å². The van der Waals surface area contributed by atoms with E-state index in [9.17, 15) is 13.2 Å². The molecule has 1 aliphatic rings. The summed E-state index contributed by atoms with van der Waals surface area (Å²) in [6, 6.07) is 9.64. The van der Waals surface area contributed by atoms with Crippen molar-refractivity contribution in [3.8, 4) is 11.5 Å². The van der Waals surface area contributed by atoms with Gasteiger partial charge in [0, 0.05) is 5.69 Å². The van der Waals surface area contributed by atoms with E-state index < -0.39 is 10.0 Å². The predicted molar refractivity (Wildman–Crippen MR) is 97.5 cm³/mol. The average Bonchev–Trinajstić information content (AvgIpc) is 2.82. The van der Waals surface area contributed by atoms with Crippen LogP contribution in [0.15, 0.2) is 41.3 Å². The van der Waals surface area contributed by atoms with Crippen LogP contribution in [0.3, 0.4) is 0 Å². The third-order valence-corrected chi connectivity index (χ3v) is 5.45. The maximum atomic E-state index is 12.8. The van der Waals surface area contributed by atoms with Gasteiger partial charge in [-0.2, -0.15) is 0 Å². The van der Waals surface area contributed by atoms with Crippen LogP contribution in [0, 0.1) is 0 Å². The summed E-state index contributed by atoms with van der Waals surface area (Å²) in [6.07, 6.45) is 0.697. The van der Waals surface area contributed by atoms with Crippen LogP contribution >= 0.6 is 0 Å². The molecule has 26 heavy (non-hydrogen) atoms. The first-order valence-corrected chi connectivity index (χ1v) is 9.67. The van der Waals surface area contributed by atoms with Gasteiger partial charge in [0.1, 0.15) is 23.0 Å². The van der Waals surface area contributed by atoms with E-state index in [1.165, 1.54) is 13.2 Å². The Morgan fingerprint density at radius 1 is 1.23 bits per heavy atom. The summed E-state index contributed by atoms with van der Waals surface area (Å²) >= 11 is 0. The minimum atomic E-state index is -3.89. The van der Waals surface area contributed by atoms with Gasteiger partial charge in [0.15, 0.2) is 0 Å². The summed E-state index contributed by atoms with van der Waals surface area (Å²) in [4.78, 5) is 12.1. The number of sulfonamides is 1. The number of carbonyl (C=O) groups is 1. The standard InChI is InChI=1S/C18H20N2O5S/c1-3-12-4-6-16(24-2)17(10-12)26(22,23)20-13-5-7-15-14(11-13)18(21)19-8-9-25-15/h4-7,10-11,20H,3,8-9H2,1-2H3,(H,19,21). The highest BCUT2D eigenvalue weighted by molar-refractivity contribution is 7.92. The van der Waals surface area contributed by atoms with Crippen LogP contribution in [0.1, 0.15) is 22.8 Å². The Labute approximate surface area is 152 Å². The number of amides is 1. The van der Waals surface area contributed by atoms with Crippen molar-refractivity contribution in [1.82, 2.24) is 5.32 Å². The Morgan fingerprint density at radius 2 is 2.04 bits per heavy atom. The van der Waals surface area contributed by atoms with Crippen LogP contribution in [0.4, 0.5) is 5.69 Å². The van der Waals surface area contributed by atoms with E-state index in [4.69, 9.17) is 9.47 Å². The summed E-state index contributed by atoms with van der Waals surface area (Å²) < 4.78 is 38.9. The topological polar surface area (TPSA) is 93.7 Å². The number of aryl methyl sites for hydroxylation is 1. The number of anilines is 1. The fourth-order valence-electron chi connectivity index (χ4n) is 2.68. The van der Waals surface area contributed by atoms with E-state index in [0.29, 0.717) is 25.3 Å². The first-order valence-electron chi connectivity index (χ1n) is 8.19. The Morgan fingerprint density at radius 3 is 2.77 bits per heavy atom. The molecule has 0 fully saturated rings. The molecule has 0 saturated carbocycles. The first kappa shape index (κ1) is 18.1. The zero-order chi connectivity index (χ0) is 18.7. The van der Waals surface area contributed by atoms with Crippen molar-refractivity contribution in [2.24, 2.45) is 0 Å². The van der Waals surface area contributed by atoms with Crippen molar-refractivity contribution in [3.05, 3.63) is 47.5 Å². The lowest BCUT2D eigenvalue weighted by atomic mass is 10.1. The lowest BCUT2D eigenvalue weighted by molar-refractivity contribution is 0.0957. The second kappa shape index (κ2) is 7.25. The molecule has 0 saturated heterocycles. The summed E-state index contributed by atoms with van der Waals surface area (Å²) in [7, 11) is -2.47. The first-order chi connectivity index (χ1) is 12.4. The van der Waals surface area contributed by atoms with Crippen LogP contribution in [-0.2, 0) is 16.4 Å². The molecule has 0 spiro atoms. The summed E-state index contributed by atoms with van der Waals surface area (Å²) in [5.74, 6) is 0.378. The third kappa shape index (κ3) is 3.60. The molecule has 2 N–H and O–H groups in total. The molecule has 1 amide bonds. The van der Waals surface area contributed by atoms with Gasteiger partial charge in [-0.1, -0.05) is 13.0 Å².